The summed E-state index contributed by atoms with van der Waals surface area (Å²) in [6.45, 7) is 3.27. The summed E-state index contributed by atoms with van der Waals surface area (Å²) < 4.78 is 24.4. The van der Waals surface area contributed by atoms with Gasteiger partial charge in [-0.3, -0.25) is 14.4 Å². The first kappa shape index (κ1) is 47.6. The number of likely N-dealkylation sites (N-methyl/N-ethyl adjacent to an activating group) is 1. The van der Waals surface area contributed by atoms with Crippen LogP contribution in [0.4, 0.5) is 0 Å². The highest BCUT2D eigenvalue weighted by Gasteiger charge is 2.41. The number of carbonyl (C=O) groups excluding carboxylic acids is 1. The zero-order valence-corrected chi connectivity index (χ0v) is 36.9. The molecule has 4 aromatic rings. The van der Waals surface area contributed by atoms with Crippen LogP contribution in [0.1, 0.15) is 65.4 Å². The van der Waals surface area contributed by atoms with Gasteiger partial charge in [-0.1, -0.05) is 71.7 Å². The fourth-order valence-corrected chi connectivity index (χ4v) is 9.17. The molecular weight excluding hydrogens is 891 g/mol. The largest absolute Gasteiger partial charge is 0.612 e. The Morgan fingerprint density at radius 1 is 0.915 bits per heavy atom. The predicted octanol–water partition coefficient (Wildman–Crippen LogP) is 7.54. The van der Waals surface area contributed by atoms with Gasteiger partial charge >= 0.3 is 17.9 Å². The number of carboxylic acids is 3. The van der Waals surface area contributed by atoms with Gasteiger partial charge < -0.3 is 44.3 Å². The fraction of sp³-hybridized carbons (Fsp3) is 0.381. The van der Waals surface area contributed by atoms with E-state index in [1.807, 2.05) is 67.7 Å². The van der Waals surface area contributed by atoms with Gasteiger partial charge in [0.15, 0.2) is 10.5 Å². The van der Waals surface area contributed by atoms with Crippen molar-refractivity contribution >= 4 is 84.9 Å². The van der Waals surface area contributed by atoms with Crippen LogP contribution in [-0.4, -0.2) is 118 Å². The lowest BCUT2D eigenvalue weighted by Crippen LogP contribution is -2.42. The lowest BCUT2D eigenvalue weighted by Gasteiger charge is -2.34. The molecule has 0 radical (unpaired) electrons. The molecule has 59 heavy (non-hydrogen) atoms. The Morgan fingerprint density at radius 2 is 1.49 bits per heavy atom. The van der Waals surface area contributed by atoms with Crippen LogP contribution >= 0.6 is 39.1 Å². The summed E-state index contributed by atoms with van der Waals surface area (Å²) in [5.41, 5.74) is -0.00465. The minimum absolute atomic E-state index is 0.0172. The molecule has 1 amide bonds. The first-order valence-electron chi connectivity index (χ1n) is 18.5. The predicted molar refractivity (Wildman–Crippen MR) is 230 cm³/mol. The van der Waals surface area contributed by atoms with Gasteiger partial charge in [-0.05, 0) is 95.7 Å². The average molecular weight is 939 g/mol. The van der Waals surface area contributed by atoms with E-state index in [0.29, 0.717) is 44.0 Å². The number of methoxy groups -OCH3 is 2. The molecule has 5 rings (SSSR count). The Kier molecular flexibility index (Phi) is 17.3. The van der Waals surface area contributed by atoms with Gasteiger partial charge in [-0.15, -0.1) is 0 Å². The highest BCUT2D eigenvalue weighted by atomic mass is 79.9. The Balaban J connectivity index is 0.000000509. The number of hydrogen-bond donors (Lipinski definition) is 4. The lowest BCUT2D eigenvalue weighted by molar-refractivity contribution is -0.170. The first-order valence-corrected chi connectivity index (χ1v) is 21.6. The third kappa shape index (κ3) is 12.0. The summed E-state index contributed by atoms with van der Waals surface area (Å²) in [5, 5.41) is 36.4. The topological polar surface area (TPSA) is 197 Å². The molecule has 0 saturated carbocycles. The van der Waals surface area contributed by atoms with Crippen molar-refractivity contribution in [2.75, 3.05) is 53.7 Å². The molecule has 1 fully saturated rings. The maximum absolute atomic E-state index is 14.2. The van der Waals surface area contributed by atoms with Crippen molar-refractivity contribution in [3.8, 4) is 11.5 Å². The molecule has 13 nitrogen and oxygen atoms in total. The van der Waals surface area contributed by atoms with E-state index >= 15 is 0 Å². The second-order valence-corrected chi connectivity index (χ2v) is 17.2. The van der Waals surface area contributed by atoms with Gasteiger partial charge in [0.05, 0.1) is 42.7 Å². The van der Waals surface area contributed by atoms with Crippen molar-refractivity contribution in [1.82, 2.24) is 9.80 Å². The molecule has 1 saturated heterocycles. The summed E-state index contributed by atoms with van der Waals surface area (Å²) >= 11 is 15.4. The van der Waals surface area contributed by atoms with Gasteiger partial charge in [-0.2, -0.15) is 0 Å². The Labute approximate surface area is 364 Å². The number of likely N-dealkylation sites (tertiary alicyclic amines) is 1. The van der Waals surface area contributed by atoms with Gasteiger partial charge in [0.2, 0.25) is 0 Å². The quantitative estimate of drug-likeness (QED) is 0.0807. The van der Waals surface area contributed by atoms with Crippen LogP contribution in [0.3, 0.4) is 0 Å². The van der Waals surface area contributed by atoms with Crippen molar-refractivity contribution in [1.29, 1.82) is 0 Å². The Hall–Kier alpha value is -4.09. The number of nitrogens with zero attached hydrogens (tertiary/aromatic N) is 2. The molecule has 1 heterocycles. The second kappa shape index (κ2) is 21.4. The molecule has 1 aliphatic rings. The molecule has 17 heteroatoms. The molecule has 2 atom stereocenters. The number of carboxylic acid groups (broad SMARTS) is 3. The molecule has 4 N–H and O–H groups in total. The van der Waals surface area contributed by atoms with Crippen LogP contribution < -0.4 is 9.47 Å². The van der Waals surface area contributed by atoms with Gasteiger partial charge in [-0.25, -0.2) is 4.79 Å². The standard InChI is InChI=1S/C36H39BrCl2N2O4S.C6H8O7/c1-40(36(42)32-27-10-5-6-11-28(27)34(44-2)33(37)35(32)45-3)22-25(24-13-14-29(38)30(39)21-24)17-20-41-18-15-23(16-19-41)26-9-7-8-12-31(26)46(4)43;7-3(8)1-6(13,5(11)12)2-4(9)10/h5-14,21,23,25H,15-20,22H2,1-4H3;13H,1-2H2,(H,7,8)(H,9,10)(H,11,12)/t25-,46?;/m1./s1. The number of benzene rings is 4. The van der Waals surface area contributed by atoms with Crippen molar-refractivity contribution in [2.24, 2.45) is 0 Å². The van der Waals surface area contributed by atoms with E-state index in [9.17, 15) is 23.7 Å². The van der Waals surface area contributed by atoms with E-state index in [1.165, 1.54) is 5.56 Å². The van der Waals surface area contributed by atoms with E-state index in [-0.39, 0.29) is 11.8 Å². The van der Waals surface area contributed by atoms with Crippen LogP contribution in [0.5, 0.6) is 11.5 Å². The fourth-order valence-electron chi connectivity index (χ4n) is 7.29. The third-order valence-corrected chi connectivity index (χ3v) is 12.7. The zero-order chi connectivity index (χ0) is 43.6. The summed E-state index contributed by atoms with van der Waals surface area (Å²) in [6, 6.07) is 21.6. The van der Waals surface area contributed by atoms with Crippen molar-refractivity contribution in [2.45, 2.75) is 54.4 Å². The molecule has 0 aliphatic carbocycles. The maximum atomic E-state index is 14.2. The summed E-state index contributed by atoms with van der Waals surface area (Å²) in [7, 11) is 5.00. The van der Waals surface area contributed by atoms with E-state index in [4.69, 9.17) is 53.1 Å². The summed E-state index contributed by atoms with van der Waals surface area (Å²) in [5.74, 6) is -3.68. The third-order valence-electron chi connectivity index (χ3n) is 10.3. The molecule has 318 valence electrons. The SMILES string of the molecule is COc1c(Br)c(OC)c2ccccc2c1C(=O)N(C)C[C@@H](CCN1CCC(c2ccccc2[S+](C)[O-])CC1)c1ccc(Cl)c(Cl)c1.O=C(O)CC(O)(CC(=O)O)C(=O)O. The molecule has 0 spiro atoms. The molecule has 0 aromatic heterocycles. The van der Waals surface area contributed by atoms with Crippen molar-refractivity contribution in [3.05, 3.63) is 97.9 Å². The average Bonchev–Trinajstić information content (AvgIpc) is 3.19. The highest BCUT2D eigenvalue weighted by molar-refractivity contribution is 9.10. The number of carbonyl (C=O) groups is 4. The Bertz CT molecular complexity index is 2130. The molecule has 1 aliphatic heterocycles. The zero-order valence-electron chi connectivity index (χ0n) is 33.0. The van der Waals surface area contributed by atoms with Crippen LogP contribution in [0.2, 0.25) is 10.0 Å². The smallest absolute Gasteiger partial charge is 0.336 e. The number of aliphatic hydroxyl groups is 1. The van der Waals surface area contributed by atoms with Crippen LogP contribution in [0.25, 0.3) is 10.8 Å². The number of hydrogen-bond acceptors (Lipinski definition) is 9. The monoisotopic (exact) mass is 936 g/mol. The maximum Gasteiger partial charge on any atom is 0.336 e. The van der Waals surface area contributed by atoms with E-state index in [2.05, 4.69) is 26.9 Å². The first-order chi connectivity index (χ1) is 27.9. The molecular formula is C42H47BrCl2N2O11S. The summed E-state index contributed by atoms with van der Waals surface area (Å²) in [4.78, 5) is 49.9. The van der Waals surface area contributed by atoms with Crippen molar-refractivity contribution < 1.29 is 53.6 Å². The highest BCUT2D eigenvalue weighted by Crippen LogP contribution is 2.45. The Morgan fingerprint density at radius 3 is 2.03 bits per heavy atom. The minimum Gasteiger partial charge on any atom is -0.612 e. The van der Waals surface area contributed by atoms with E-state index in [0.717, 1.165) is 60.1 Å². The number of aliphatic carboxylic acids is 3. The number of fused-ring (bicyclic) bond motifs is 1. The normalized spacial score (nSPS) is 14.5. The molecule has 0 bridgehead atoms. The number of amides is 1. The lowest BCUT2D eigenvalue weighted by atomic mass is 9.88. The van der Waals surface area contributed by atoms with Crippen LogP contribution in [0.15, 0.2) is 76.1 Å². The van der Waals surface area contributed by atoms with Crippen molar-refractivity contribution in [3.63, 3.8) is 0 Å². The number of piperidine rings is 1. The van der Waals surface area contributed by atoms with Crippen LogP contribution in [0, 0.1) is 0 Å². The number of rotatable bonds is 16. The molecule has 4 aromatic carbocycles. The second-order valence-electron chi connectivity index (χ2n) is 14.2. The van der Waals surface area contributed by atoms with Crippen LogP contribution in [-0.2, 0) is 25.6 Å². The van der Waals surface area contributed by atoms with Gasteiger partial charge in [0.25, 0.3) is 5.91 Å². The van der Waals surface area contributed by atoms with E-state index in [1.54, 1.807) is 25.4 Å². The number of halogens is 3. The van der Waals surface area contributed by atoms with Gasteiger partial charge in [0, 0.05) is 35.8 Å². The number of ether oxygens (including phenoxy) is 2. The summed E-state index contributed by atoms with van der Waals surface area (Å²) in [6.07, 6.45) is 2.33. The molecule has 1 unspecified atom stereocenters. The van der Waals surface area contributed by atoms with Gasteiger partial charge in [0.1, 0.15) is 22.2 Å². The van der Waals surface area contributed by atoms with E-state index < -0.39 is 47.5 Å². The minimum atomic E-state index is -2.74.